The Labute approximate surface area is 110 Å². The van der Waals surface area contributed by atoms with Crippen LogP contribution in [0.3, 0.4) is 0 Å². The molecule has 1 heterocycles. The monoisotopic (exact) mass is 254 g/mol. The van der Waals surface area contributed by atoms with E-state index in [1.807, 2.05) is 18.3 Å². The van der Waals surface area contributed by atoms with Crippen molar-refractivity contribution in [3.8, 4) is 0 Å². The third-order valence-corrected chi connectivity index (χ3v) is 3.17. The molecular weight excluding hydrogens is 232 g/mol. The lowest BCUT2D eigenvalue weighted by Gasteiger charge is -2.18. The molecular formula is C14H23ClN2. The standard InChI is InChI=1S/C14H23ClN2/c1-3-5-6-9-13(16-10-4-2)14-12(15)8-7-11-17-14/h7-8,11,13,16H,3-6,9-10H2,1-2H3. The second kappa shape index (κ2) is 8.48. The predicted octanol–water partition coefficient (Wildman–Crippen LogP) is 4.36. The van der Waals surface area contributed by atoms with Gasteiger partial charge in [0, 0.05) is 6.20 Å². The van der Waals surface area contributed by atoms with Gasteiger partial charge in [0.2, 0.25) is 0 Å². The minimum absolute atomic E-state index is 0.301. The van der Waals surface area contributed by atoms with Crippen LogP contribution in [0.25, 0.3) is 0 Å². The smallest absolute Gasteiger partial charge is 0.0758 e. The molecule has 0 amide bonds. The quantitative estimate of drug-likeness (QED) is 0.698. The molecule has 1 aromatic heterocycles. The number of hydrogen-bond acceptors (Lipinski definition) is 2. The first-order chi connectivity index (χ1) is 8.29. The summed E-state index contributed by atoms with van der Waals surface area (Å²) in [5.74, 6) is 0. The molecule has 3 heteroatoms. The normalized spacial score (nSPS) is 12.6. The number of halogens is 1. The van der Waals surface area contributed by atoms with Gasteiger partial charge in [-0.15, -0.1) is 0 Å². The molecule has 0 bridgehead atoms. The van der Waals surface area contributed by atoms with Crippen molar-refractivity contribution in [2.24, 2.45) is 0 Å². The van der Waals surface area contributed by atoms with Crippen molar-refractivity contribution >= 4 is 11.6 Å². The molecule has 2 nitrogen and oxygen atoms in total. The largest absolute Gasteiger partial charge is 0.309 e. The molecule has 1 atom stereocenters. The SMILES string of the molecule is CCCCCC(NCCC)c1ncccc1Cl. The fourth-order valence-electron chi connectivity index (χ4n) is 1.91. The minimum atomic E-state index is 0.301. The first-order valence-corrected chi connectivity index (χ1v) is 7.01. The molecule has 1 aromatic rings. The maximum atomic E-state index is 6.21. The summed E-state index contributed by atoms with van der Waals surface area (Å²) in [6.45, 7) is 5.42. The van der Waals surface area contributed by atoms with E-state index in [1.54, 1.807) is 0 Å². The molecule has 0 aliphatic rings. The first-order valence-electron chi connectivity index (χ1n) is 6.63. The van der Waals surface area contributed by atoms with Crippen molar-refractivity contribution < 1.29 is 0 Å². The van der Waals surface area contributed by atoms with Gasteiger partial charge in [0.1, 0.15) is 0 Å². The van der Waals surface area contributed by atoms with Gasteiger partial charge in [0.25, 0.3) is 0 Å². The van der Waals surface area contributed by atoms with Crippen LogP contribution in [0.1, 0.15) is 57.7 Å². The second-order valence-corrected chi connectivity index (χ2v) is 4.78. The van der Waals surface area contributed by atoms with E-state index < -0.39 is 0 Å². The molecule has 0 radical (unpaired) electrons. The van der Waals surface area contributed by atoms with Gasteiger partial charge in [-0.3, -0.25) is 4.98 Å². The van der Waals surface area contributed by atoms with Crippen molar-refractivity contribution in [1.29, 1.82) is 0 Å². The second-order valence-electron chi connectivity index (χ2n) is 4.37. The number of nitrogens with one attached hydrogen (secondary N) is 1. The van der Waals surface area contributed by atoms with Crippen LogP contribution >= 0.6 is 11.6 Å². The summed E-state index contributed by atoms with van der Waals surface area (Å²) in [5, 5.41) is 4.31. The van der Waals surface area contributed by atoms with E-state index in [4.69, 9.17) is 11.6 Å². The molecule has 1 rings (SSSR count). The van der Waals surface area contributed by atoms with Gasteiger partial charge in [-0.25, -0.2) is 0 Å². The van der Waals surface area contributed by atoms with Crippen LogP contribution in [-0.2, 0) is 0 Å². The molecule has 1 unspecified atom stereocenters. The van der Waals surface area contributed by atoms with Crippen molar-refractivity contribution in [1.82, 2.24) is 10.3 Å². The van der Waals surface area contributed by atoms with Gasteiger partial charge in [0.05, 0.1) is 16.8 Å². The predicted molar refractivity (Wildman–Crippen MR) is 74.4 cm³/mol. The Morgan fingerprint density at radius 1 is 1.29 bits per heavy atom. The lowest BCUT2D eigenvalue weighted by atomic mass is 10.0. The minimum Gasteiger partial charge on any atom is -0.309 e. The summed E-state index contributed by atoms with van der Waals surface area (Å²) in [6.07, 6.45) is 7.82. The average molecular weight is 255 g/mol. The van der Waals surface area contributed by atoms with E-state index in [-0.39, 0.29) is 0 Å². The topological polar surface area (TPSA) is 24.9 Å². The number of pyridine rings is 1. The molecule has 96 valence electrons. The molecule has 0 aromatic carbocycles. The third kappa shape index (κ3) is 5.05. The van der Waals surface area contributed by atoms with Crippen molar-refractivity contribution in [2.75, 3.05) is 6.54 Å². The van der Waals surface area contributed by atoms with Crippen LogP contribution in [0.5, 0.6) is 0 Å². The zero-order valence-corrected chi connectivity index (χ0v) is 11.6. The van der Waals surface area contributed by atoms with Gasteiger partial charge in [0.15, 0.2) is 0 Å². The number of unbranched alkanes of at least 4 members (excludes halogenated alkanes) is 2. The van der Waals surface area contributed by atoms with Crippen LogP contribution in [0.2, 0.25) is 5.02 Å². The maximum absolute atomic E-state index is 6.21. The number of rotatable bonds is 8. The highest BCUT2D eigenvalue weighted by molar-refractivity contribution is 6.31. The summed E-state index contributed by atoms with van der Waals surface area (Å²) in [4.78, 5) is 4.42. The van der Waals surface area contributed by atoms with Crippen LogP contribution in [-0.4, -0.2) is 11.5 Å². The van der Waals surface area contributed by atoms with E-state index in [0.717, 1.165) is 30.1 Å². The summed E-state index contributed by atoms with van der Waals surface area (Å²) < 4.78 is 0. The van der Waals surface area contributed by atoms with E-state index >= 15 is 0 Å². The van der Waals surface area contributed by atoms with Crippen LogP contribution in [0.4, 0.5) is 0 Å². The first kappa shape index (κ1) is 14.5. The Hall–Kier alpha value is -0.600. The summed E-state index contributed by atoms with van der Waals surface area (Å²) >= 11 is 6.21. The molecule has 0 saturated heterocycles. The summed E-state index contributed by atoms with van der Waals surface area (Å²) in [7, 11) is 0. The van der Waals surface area contributed by atoms with Gasteiger partial charge in [-0.1, -0.05) is 44.7 Å². The summed E-state index contributed by atoms with van der Waals surface area (Å²) in [6, 6.07) is 4.11. The fourth-order valence-corrected chi connectivity index (χ4v) is 2.16. The van der Waals surface area contributed by atoms with Crippen molar-refractivity contribution in [2.45, 2.75) is 52.0 Å². The molecule has 17 heavy (non-hydrogen) atoms. The van der Waals surface area contributed by atoms with Gasteiger partial charge in [-0.2, -0.15) is 0 Å². The lowest BCUT2D eigenvalue weighted by molar-refractivity contribution is 0.466. The highest BCUT2D eigenvalue weighted by atomic mass is 35.5. The summed E-state index contributed by atoms with van der Waals surface area (Å²) in [5.41, 5.74) is 0.999. The highest BCUT2D eigenvalue weighted by Gasteiger charge is 2.14. The fraction of sp³-hybridized carbons (Fsp3) is 0.643. The van der Waals surface area contributed by atoms with Crippen LogP contribution in [0, 0.1) is 0 Å². The average Bonchev–Trinajstić information content (AvgIpc) is 2.35. The maximum Gasteiger partial charge on any atom is 0.0758 e. The van der Waals surface area contributed by atoms with E-state index in [2.05, 4.69) is 24.1 Å². The number of aromatic nitrogens is 1. The molecule has 0 saturated carbocycles. The molecule has 0 fully saturated rings. The van der Waals surface area contributed by atoms with Crippen LogP contribution < -0.4 is 5.32 Å². The molecule has 0 aliphatic carbocycles. The van der Waals surface area contributed by atoms with Gasteiger partial charge >= 0.3 is 0 Å². The van der Waals surface area contributed by atoms with E-state index in [9.17, 15) is 0 Å². The molecule has 0 spiro atoms. The van der Waals surface area contributed by atoms with Crippen molar-refractivity contribution in [3.63, 3.8) is 0 Å². The Balaban J connectivity index is 2.64. The number of nitrogens with zero attached hydrogens (tertiary/aromatic N) is 1. The van der Waals surface area contributed by atoms with E-state index in [1.165, 1.54) is 19.3 Å². The van der Waals surface area contributed by atoms with Crippen molar-refractivity contribution in [3.05, 3.63) is 29.0 Å². The Morgan fingerprint density at radius 2 is 2.12 bits per heavy atom. The zero-order valence-electron chi connectivity index (χ0n) is 10.9. The Kier molecular flexibility index (Phi) is 7.22. The zero-order chi connectivity index (χ0) is 12.5. The van der Waals surface area contributed by atoms with Gasteiger partial charge in [-0.05, 0) is 31.5 Å². The van der Waals surface area contributed by atoms with Crippen LogP contribution in [0.15, 0.2) is 18.3 Å². The molecule has 1 N–H and O–H groups in total. The third-order valence-electron chi connectivity index (χ3n) is 2.85. The Bertz CT molecular complexity index is 315. The number of hydrogen-bond donors (Lipinski definition) is 1. The molecule has 0 aliphatic heterocycles. The highest BCUT2D eigenvalue weighted by Crippen LogP contribution is 2.24. The van der Waals surface area contributed by atoms with E-state index in [0.29, 0.717) is 6.04 Å². The van der Waals surface area contributed by atoms with Gasteiger partial charge < -0.3 is 5.32 Å². The Morgan fingerprint density at radius 3 is 2.76 bits per heavy atom. The lowest BCUT2D eigenvalue weighted by Crippen LogP contribution is -2.23.